The van der Waals surface area contributed by atoms with Crippen LogP contribution in [0.3, 0.4) is 0 Å². The largest absolute Gasteiger partial charge is 0.356 e. The first-order chi connectivity index (χ1) is 7.64. The van der Waals surface area contributed by atoms with Gasteiger partial charge in [0, 0.05) is 13.0 Å². The number of allylic oxidation sites excluding steroid dienone is 3. The maximum absolute atomic E-state index is 11.3. The zero-order chi connectivity index (χ0) is 12.4. The molecular formula is C14H23NO. The minimum atomic E-state index is -0.00389. The lowest BCUT2D eigenvalue weighted by Gasteiger charge is -2.31. The Hall–Kier alpha value is -1.31. The van der Waals surface area contributed by atoms with Gasteiger partial charge in [0.15, 0.2) is 0 Å². The van der Waals surface area contributed by atoms with Gasteiger partial charge < -0.3 is 5.32 Å². The van der Waals surface area contributed by atoms with Crippen LogP contribution in [0.4, 0.5) is 0 Å². The molecule has 1 N–H and O–H groups in total. The predicted octanol–water partition coefficient (Wildman–Crippen LogP) is 3.23. The molecule has 0 aliphatic heterocycles. The van der Waals surface area contributed by atoms with E-state index in [0.717, 1.165) is 19.3 Å². The number of nitrogens with one attached hydrogen (secondary N) is 1. The second-order valence-corrected chi connectivity index (χ2v) is 4.11. The van der Waals surface area contributed by atoms with Crippen LogP contribution in [0.5, 0.6) is 0 Å². The molecule has 1 amide bonds. The van der Waals surface area contributed by atoms with Crippen molar-refractivity contribution < 1.29 is 4.79 Å². The molecular weight excluding hydrogens is 198 g/mol. The Morgan fingerprint density at radius 1 is 1.12 bits per heavy atom. The van der Waals surface area contributed by atoms with Gasteiger partial charge in [-0.2, -0.15) is 0 Å². The summed E-state index contributed by atoms with van der Waals surface area (Å²) in [6, 6.07) is 0. The summed E-state index contributed by atoms with van der Waals surface area (Å²) in [7, 11) is 0. The third-order valence-corrected chi connectivity index (χ3v) is 2.71. The molecule has 0 bridgehead atoms. The van der Waals surface area contributed by atoms with E-state index in [1.54, 1.807) is 0 Å². The van der Waals surface area contributed by atoms with Crippen molar-refractivity contribution in [2.45, 2.75) is 32.6 Å². The average Bonchev–Trinajstić information content (AvgIpc) is 2.27. The molecule has 0 aliphatic carbocycles. The van der Waals surface area contributed by atoms with E-state index in [-0.39, 0.29) is 11.3 Å². The van der Waals surface area contributed by atoms with Crippen LogP contribution in [0.15, 0.2) is 38.0 Å². The summed E-state index contributed by atoms with van der Waals surface area (Å²) < 4.78 is 0. The van der Waals surface area contributed by atoms with Crippen LogP contribution in [0.1, 0.15) is 32.6 Å². The predicted molar refractivity (Wildman–Crippen MR) is 70.2 cm³/mol. The molecule has 0 rings (SSSR count). The molecule has 0 radical (unpaired) electrons. The third-order valence-electron chi connectivity index (χ3n) is 2.71. The number of carbonyl (C=O) groups is 1. The Morgan fingerprint density at radius 2 is 1.56 bits per heavy atom. The maximum Gasteiger partial charge on any atom is 0.219 e. The number of rotatable bonds is 9. The second-order valence-electron chi connectivity index (χ2n) is 4.11. The van der Waals surface area contributed by atoms with Gasteiger partial charge in [-0.05, 0) is 24.7 Å². The summed E-state index contributed by atoms with van der Waals surface area (Å²) in [4.78, 5) is 11.3. The molecule has 0 heterocycles. The first kappa shape index (κ1) is 14.7. The number of hydrogen-bond acceptors (Lipinski definition) is 1. The van der Waals surface area contributed by atoms with Crippen molar-refractivity contribution in [1.29, 1.82) is 0 Å². The van der Waals surface area contributed by atoms with Crippen LogP contribution < -0.4 is 5.32 Å². The zero-order valence-electron chi connectivity index (χ0n) is 10.3. The van der Waals surface area contributed by atoms with E-state index in [2.05, 4.69) is 25.1 Å². The molecule has 0 saturated heterocycles. The van der Waals surface area contributed by atoms with Gasteiger partial charge in [-0.25, -0.2) is 0 Å². The SMILES string of the molecule is C=CCC(CC=C)(CC=C)CNC(=O)CC. The van der Waals surface area contributed by atoms with Crippen LogP contribution in [0.25, 0.3) is 0 Å². The van der Waals surface area contributed by atoms with Crippen LogP contribution in [-0.4, -0.2) is 12.5 Å². The fourth-order valence-corrected chi connectivity index (χ4v) is 1.80. The van der Waals surface area contributed by atoms with E-state index in [0.29, 0.717) is 13.0 Å². The molecule has 16 heavy (non-hydrogen) atoms. The summed E-state index contributed by atoms with van der Waals surface area (Å²) in [5.41, 5.74) is -0.00389. The Bertz CT molecular complexity index is 229. The molecule has 2 heteroatoms. The summed E-state index contributed by atoms with van der Waals surface area (Å²) in [5.74, 6) is 0.0848. The minimum absolute atomic E-state index is 0.00389. The molecule has 0 aromatic carbocycles. The molecule has 90 valence electrons. The molecule has 0 spiro atoms. The van der Waals surface area contributed by atoms with Gasteiger partial charge in [-0.1, -0.05) is 25.2 Å². The summed E-state index contributed by atoms with van der Waals surface area (Å²) in [6.07, 6.45) is 8.77. The summed E-state index contributed by atoms with van der Waals surface area (Å²) >= 11 is 0. The number of carbonyl (C=O) groups excluding carboxylic acids is 1. The van der Waals surface area contributed by atoms with Crippen molar-refractivity contribution in [1.82, 2.24) is 5.32 Å². The van der Waals surface area contributed by atoms with E-state index in [4.69, 9.17) is 0 Å². The highest BCUT2D eigenvalue weighted by molar-refractivity contribution is 5.75. The molecule has 0 atom stereocenters. The highest BCUT2D eigenvalue weighted by Gasteiger charge is 2.26. The Labute approximate surface area is 99.1 Å². The zero-order valence-corrected chi connectivity index (χ0v) is 10.3. The van der Waals surface area contributed by atoms with Crippen molar-refractivity contribution >= 4 is 5.91 Å². The molecule has 0 saturated carbocycles. The van der Waals surface area contributed by atoms with Gasteiger partial charge in [0.2, 0.25) is 5.91 Å². The van der Waals surface area contributed by atoms with Crippen molar-refractivity contribution in [2.24, 2.45) is 5.41 Å². The lowest BCUT2D eigenvalue weighted by atomic mass is 9.78. The monoisotopic (exact) mass is 221 g/mol. The molecule has 0 aromatic heterocycles. The topological polar surface area (TPSA) is 29.1 Å². The summed E-state index contributed by atoms with van der Waals surface area (Å²) in [6.45, 7) is 13.8. The van der Waals surface area contributed by atoms with E-state index in [1.807, 2.05) is 25.2 Å². The minimum Gasteiger partial charge on any atom is -0.356 e. The van der Waals surface area contributed by atoms with Gasteiger partial charge in [0.05, 0.1) is 0 Å². The molecule has 0 fully saturated rings. The van der Waals surface area contributed by atoms with Crippen molar-refractivity contribution in [3.63, 3.8) is 0 Å². The lowest BCUT2D eigenvalue weighted by molar-refractivity contribution is -0.121. The average molecular weight is 221 g/mol. The quantitative estimate of drug-likeness (QED) is 0.595. The Balaban J connectivity index is 4.57. The maximum atomic E-state index is 11.3. The second kappa shape index (κ2) is 7.91. The highest BCUT2D eigenvalue weighted by atomic mass is 16.1. The normalized spacial score (nSPS) is 10.6. The number of hydrogen-bond donors (Lipinski definition) is 1. The standard InChI is InChI=1S/C14H23NO/c1-5-9-14(10-6-2,11-7-3)12-15-13(16)8-4/h5-7H,1-3,8-12H2,4H3,(H,15,16). The van der Waals surface area contributed by atoms with Gasteiger partial charge in [0.1, 0.15) is 0 Å². The number of amides is 1. The van der Waals surface area contributed by atoms with Crippen molar-refractivity contribution in [3.05, 3.63) is 38.0 Å². The van der Waals surface area contributed by atoms with Crippen LogP contribution >= 0.6 is 0 Å². The Morgan fingerprint density at radius 3 is 1.88 bits per heavy atom. The van der Waals surface area contributed by atoms with Crippen molar-refractivity contribution in [3.8, 4) is 0 Å². The Kier molecular flexibility index (Phi) is 7.27. The van der Waals surface area contributed by atoms with Gasteiger partial charge in [-0.3, -0.25) is 4.79 Å². The van der Waals surface area contributed by atoms with E-state index in [9.17, 15) is 4.79 Å². The fourth-order valence-electron chi connectivity index (χ4n) is 1.80. The lowest BCUT2D eigenvalue weighted by Crippen LogP contribution is -2.36. The van der Waals surface area contributed by atoms with Gasteiger partial charge in [-0.15, -0.1) is 19.7 Å². The molecule has 0 aliphatic rings. The fraction of sp³-hybridized carbons (Fsp3) is 0.500. The highest BCUT2D eigenvalue weighted by Crippen LogP contribution is 2.31. The van der Waals surface area contributed by atoms with Gasteiger partial charge in [0.25, 0.3) is 0 Å². The third kappa shape index (κ3) is 4.96. The van der Waals surface area contributed by atoms with Crippen LogP contribution in [-0.2, 0) is 4.79 Å². The van der Waals surface area contributed by atoms with E-state index in [1.165, 1.54) is 0 Å². The molecule has 2 nitrogen and oxygen atoms in total. The first-order valence-electron chi connectivity index (χ1n) is 5.73. The van der Waals surface area contributed by atoms with Crippen LogP contribution in [0, 0.1) is 5.41 Å². The summed E-state index contributed by atoms with van der Waals surface area (Å²) in [5, 5.41) is 2.95. The first-order valence-corrected chi connectivity index (χ1v) is 5.73. The van der Waals surface area contributed by atoms with E-state index < -0.39 is 0 Å². The molecule has 0 aromatic rings. The van der Waals surface area contributed by atoms with E-state index >= 15 is 0 Å². The van der Waals surface area contributed by atoms with Crippen LogP contribution in [0.2, 0.25) is 0 Å². The van der Waals surface area contributed by atoms with Gasteiger partial charge >= 0.3 is 0 Å². The van der Waals surface area contributed by atoms with Crippen molar-refractivity contribution in [2.75, 3.05) is 6.54 Å². The molecule has 0 unspecified atom stereocenters. The smallest absolute Gasteiger partial charge is 0.219 e.